The van der Waals surface area contributed by atoms with Gasteiger partial charge in [0.1, 0.15) is 34.5 Å². The normalized spacial score (nSPS) is 16.7. The van der Waals surface area contributed by atoms with Crippen LogP contribution in [0.5, 0.6) is 34.5 Å². The summed E-state index contributed by atoms with van der Waals surface area (Å²) in [7, 11) is 10.0. The van der Waals surface area contributed by atoms with Gasteiger partial charge >= 0.3 is 0 Å². The molecule has 0 fully saturated rings. The smallest absolute Gasteiger partial charge is 0.126 e. The van der Waals surface area contributed by atoms with Crippen molar-refractivity contribution in [2.45, 2.75) is 18.3 Å². The zero-order valence-corrected chi connectivity index (χ0v) is 19.9. The number of hydrogen-bond donors (Lipinski definition) is 0. The standard InChI is InChI=1S/C27H30O6/c1-28-18-7-8-22(24(14-18)32-5)27-23(16-9-19(29-2)13-20(10-16)30-3)12-17-11-21(31-4)15-25(33-6)26(17)27/h7-11,13-15,23,27H,12H2,1-6H3/t23?,27-/m1/s1. The zero-order chi connectivity index (χ0) is 23.5. The fraction of sp³-hybridized carbons (Fsp3) is 0.333. The lowest BCUT2D eigenvalue weighted by Crippen LogP contribution is -2.11. The van der Waals surface area contributed by atoms with Crippen LogP contribution in [0.1, 0.15) is 34.1 Å². The second-order valence-corrected chi connectivity index (χ2v) is 7.94. The molecule has 6 nitrogen and oxygen atoms in total. The van der Waals surface area contributed by atoms with Crippen molar-refractivity contribution >= 4 is 0 Å². The fourth-order valence-corrected chi connectivity index (χ4v) is 4.82. The third kappa shape index (κ3) is 4.13. The summed E-state index contributed by atoms with van der Waals surface area (Å²) in [6.45, 7) is 0. The topological polar surface area (TPSA) is 55.4 Å². The van der Waals surface area contributed by atoms with E-state index in [1.807, 2.05) is 24.3 Å². The first kappa shape index (κ1) is 22.6. The van der Waals surface area contributed by atoms with Gasteiger partial charge in [0.25, 0.3) is 0 Å². The van der Waals surface area contributed by atoms with Crippen LogP contribution >= 0.6 is 0 Å². The summed E-state index contributed by atoms with van der Waals surface area (Å²) in [6, 6.07) is 16.0. The van der Waals surface area contributed by atoms with Gasteiger partial charge in [-0.2, -0.15) is 0 Å². The van der Waals surface area contributed by atoms with Crippen molar-refractivity contribution in [1.82, 2.24) is 0 Å². The summed E-state index contributed by atoms with van der Waals surface area (Å²) in [5.41, 5.74) is 4.49. The number of fused-ring (bicyclic) bond motifs is 1. The van der Waals surface area contributed by atoms with Crippen molar-refractivity contribution < 1.29 is 28.4 Å². The summed E-state index contributed by atoms with van der Waals surface area (Å²) in [6.07, 6.45) is 0.805. The van der Waals surface area contributed by atoms with Crippen LogP contribution in [-0.2, 0) is 6.42 Å². The number of benzene rings is 3. The van der Waals surface area contributed by atoms with E-state index in [9.17, 15) is 0 Å². The first-order chi connectivity index (χ1) is 16.1. The van der Waals surface area contributed by atoms with Crippen molar-refractivity contribution in [3.8, 4) is 34.5 Å². The van der Waals surface area contributed by atoms with Crippen LogP contribution in [0.4, 0.5) is 0 Å². The van der Waals surface area contributed by atoms with Gasteiger partial charge in [-0.25, -0.2) is 0 Å². The Morgan fingerprint density at radius 1 is 0.576 bits per heavy atom. The average molecular weight is 451 g/mol. The number of ether oxygens (including phenoxy) is 6. The van der Waals surface area contributed by atoms with E-state index < -0.39 is 0 Å². The lowest BCUT2D eigenvalue weighted by molar-refractivity contribution is 0.383. The monoisotopic (exact) mass is 450 g/mol. The van der Waals surface area contributed by atoms with Gasteiger partial charge in [0.2, 0.25) is 0 Å². The molecule has 0 N–H and O–H groups in total. The molecule has 0 aliphatic heterocycles. The summed E-state index contributed by atoms with van der Waals surface area (Å²) in [5, 5.41) is 0. The average Bonchev–Trinajstić information content (AvgIpc) is 3.26. The molecular weight excluding hydrogens is 420 g/mol. The van der Waals surface area contributed by atoms with Crippen molar-refractivity contribution in [2.24, 2.45) is 0 Å². The fourth-order valence-electron chi connectivity index (χ4n) is 4.82. The molecule has 3 aromatic rings. The maximum atomic E-state index is 5.85. The van der Waals surface area contributed by atoms with Crippen LogP contribution in [-0.4, -0.2) is 42.7 Å². The minimum atomic E-state index is -0.0153. The second-order valence-electron chi connectivity index (χ2n) is 7.94. The van der Waals surface area contributed by atoms with Gasteiger partial charge in [-0.05, 0) is 47.7 Å². The molecule has 1 aliphatic rings. The van der Waals surface area contributed by atoms with Crippen LogP contribution in [0, 0.1) is 0 Å². The highest BCUT2D eigenvalue weighted by atomic mass is 16.5. The van der Waals surface area contributed by atoms with E-state index in [4.69, 9.17) is 28.4 Å². The summed E-state index contributed by atoms with van der Waals surface area (Å²) >= 11 is 0. The summed E-state index contributed by atoms with van der Waals surface area (Å²) < 4.78 is 33.8. The third-order valence-electron chi connectivity index (χ3n) is 6.39. The molecule has 0 radical (unpaired) electrons. The molecule has 3 aromatic carbocycles. The van der Waals surface area contributed by atoms with Gasteiger partial charge in [-0.1, -0.05) is 6.07 Å². The minimum absolute atomic E-state index is 0.0153. The van der Waals surface area contributed by atoms with E-state index in [1.54, 1.807) is 42.7 Å². The van der Waals surface area contributed by atoms with Crippen molar-refractivity contribution in [3.63, 3.8) is 0 Å². The highest BCUT2D eigenvalue weighted by Crippen LogP contribution is 2.55. The molecule has 174 valence electrons. The molecule has 0 bridgehead atoms. The third-order valence-corrected chi connectivity index (χ3v) is 6.39. The Balaban J connectivity index is 1.96. The van der Waals surface area contributed by atoms with Crippen LogP contribution in [0.3, 0.4) is 0 Å². The predicted molar refractivity (Wildman–Crippen MR) is 127 cm³/mol. The van der Waals surface area contributed by atoms with Crippen molar-refractivity contribution in [1.29, 1.82) is 0 Å². The van der Waals surface area contributed by atoms with Gasteiger partial charge in [0.15, 0.2) is 0 Å². The quantitative estimate of drug-likeness (QED) is 0.470. The molecular formula is C27H30O6. The van der Waals surface area contributed by atoms with Gasteiger partial charge in [0, 0.05) is 35.2 Å². The predicted octanol–water partition coefficient (Wildman–Crippen LogP) is 5.21. The molecule has 0 saturated heterocycles. The number of hydrogen-bond acceptors (Lipinski definition) is 6. The van der Waals surface area contributed by atoms with Crippen LogP contribution in [0.15, 0.2) is 48.5 Å². The molecule has 1 unspecified atom stereocenters. The minimum Gasteiger partial charge on any atom is -0.497 e. The van der Waals surface area contributed by atoms with Crippen molar-refractivity contribution in [2.75, 3.05) is 42.7 Å². The first-order valence-corrected chi connectivity index (χ1v) is 10.8. The lowest BCUT2D eigenvalue weighted by atomic mass is 9.81. The van der Waals surface area contributed by atoms with Crippen molar-refractivity contribution in [3.05, 3.63) is 70.8 Å². The molecule has 0 amide bonds. The number of rotatable bonds is 8. The van der Waals surface area contributed by atoms with Crippen LogP contribution in [0.25, 0.3) is 0 Å². The second kappa shape index (κ2) is 9.53. The van der Waals surface area contributed by atoms with E-state index in [1.165, 1.54) is 5.56 Å². The summed E-state index contributed by atoms with van der Waals surface area (Å²) in [5.74, 6) is 4.68. The van der Waals surface area contributed by atoms with Crippen LogP contribution < -0.4 is 28.4 Å². The van der Waals surface area contributed by atoms with Gasteiger partial charge < -0.3 is 28.4 Å². The Bertz CT molecular complexity index is 1120. The van der Waals surface area contributed by atoms with E-state index in [2.05, 4.69) is 24.3 Å². The summed E-state index contributed by atoms with van der Waals surface area (Å²) in [4.78, 5) is 0. The SMILES string of the molecule is COc1cc(OC)cc(C2Cc3cc(OC)cc(OC)c3[C@@H]2c2ccc(OC)cc2OC)c1. The van der Waals surface area contributed by atoms with Gasteiger partial charge in [-0.3, -0.25) is 0 Å². The molecule has 33 heavy (non-hydrogen) atoms. The Morgan fingerprint density at radius 2 is 1.15 bits per heavy atom. The Kier molecular flexibility index (Phi) is 6.54. The highest BCUT2D eigenvalue weighted by molar-refractivity contribution is 5.60. The maximum absolute atomic E-state index is 5.85. The van der Waals surface area contributed by atoms with E-state index in [0.29, 0.717) is 0 Å². The lowest BCUT2D eigenvalue weighted by Gasteiger charge is -2.25. The molecule has 4 rings (SSSR count). The molecule has 2 atom stereocenters. The van der Waals surface area contributed by atoms with Gasteiger partial charge in [0.05, 0.1) is 42.7 Å². The highest BCUT2D eigenvalue weighted by Gasteiger charge is 2.39. The molecule has 0 spiro atoms. The molecule has 1 aliphatic carbocycles. The van der Waals surface area contributed by atoms with E-state index in [-0.39, 0.29) is 11.8 Å². The molecule has 0 aromatic heterocycles. The Hall–Kier alpha value is -3.54. The van der Waals surface area contributed by atoms with E-state index in [0.717, 1.165) is 57.6 Å². The van der Waals surface area contributed by atoms with Crippen LogP contribution in [0.2, 0.25) is 0 Å². The first-order valence-electron chi connectivity index (χ1n) is 10.8. The molecule has 0 saturated carbocycles. The van der Waals surface area contributed by atoms with E-state index >= 15 is 0 Å². The zero-order valence-electron chi connectivity index (χ0n) is 19.9. The molecule has 0 heterocycles. The Labute approximate surface area is 195 Å². The largest absolute Gasteiger partial charge is 0.497 e. The number of methoxy groups -OCH3 is 6. The van der Waals surface area contributed by atoms with Gasteiger partial charge in [-0.15, -0.1) is 0 Å². The molecule has 6 heteroatoms. The Morgan fingerprint density at radius 3 is 1.73 bits per heavy atom. The maximum Gasteiger partial charge on any atom is 0.126 e.